The average Bonchev–Trinajstić information content (AvgIpc) is 2.50. The number of nitrogens with zero attached hydrogens (tertiary/aromatic N) is 2. The van der Waals surface area contributed by atoms with E-state index in [0.29, 0.717) is 0 Å². The van der Waals surface area contributed by atoms with Crippen molar-refractivity contribution in [2.75, 3.05) is 0 Å². The number of hydrogen-bond donors (Lipinski definition) is 1. The van der Waals surface area contributed by atoms with Crippen LogP contribution in [0.2, 0.25) is 0 Å². The number of nitrogens with one attached hydrogen (secondary N) is 1. The molecule has 62 valence electrons. The molecule has 0 atom stereocenters. The Labute approximate surface area is 70.8 Å². The van der Waals surface area contributed by atoms with Crippen LogP contribution in [0.4, 0.5) is 0 Å². The van der Waals surface area contributed by atoms with Crippen LogP contribution >= 0.6 is 0 Å². The Hall–Kier alpha value is -1.64. The fraction of sp³-hybridized carbons (Fsp3) is 0.111. The third-order valence-corrected chi connectivity index (χ3v) is 1.34. The van der Waals surface area contributed by atoms with E-state index in [0.717, 1.165) is 10.7 Å². The van der Waals surface area contributed by atoms with Crippen molar-refractivity contribution >= 4 is 12.2 Å². The fourth-order valence-electron chi connectivity index (χ4n) is 0.795. The zero-order chi connectivity index (χ0) is 8.81. The minimum absolute atomic E-state index is 0.827. The van der Waals surface area contributed by atoms with Crippen LogP contribution in [0.15, 0.2) is 24.8 Å². The van der Waals surface area contributed by atoms with Gasteiger partial charge in [-0.2, -0.15) is 0 Å². The number of rotatable bonds is 2. The highest BCUT2D eigenvalue weighted by molar-refractivity contribution is 5.38. The molecule has 0 saturated carbocycles. The fourth-order valence-corrected chi connectivity index (χ4v) is 0.795. The quantitative estimate of drug-likeness (QED) is 0.669. The van der Waals surface area contributed by atoms with Gasteiger partial charge in [0.1, 0.15) is 5.35 Å². The lowest BCUT2D eigenvalue weighted by Gasteiger charge is -1.72. The van der Waals surface area contributed by atoms with Crippen molar-refractivity contribution in [3.05, 3.63) is 35.5 Å². The molecule has 0 radical (unpaired) electrons. The van der Waals surface area contributed by atoms with Gasteiger partial charge in [0, 0.05) is 0 Å². The maximum atomic E-state index is 3.88. The van der Waals surface area contributed by atoms with Crippen LogP contribution in [0.3, 0.4) is 0 Å². The lowest BCUT2D eigenvalue weighted by Crippen LogP contribution is -2.23. The first-order chi connectivity index (χ1) is 5.88. The predicted molar refractivity (Wildman–Crippen MR) is 49.6 cm³/mol. The van der Waals surface area contributed by atoms with Gasteiger partial charge in [-0.05, 0) is 19.1 Å². The highest BCUT2D eigenvalue weighted by Gasteiger charge is 1.83. The second kappa shape index (κ2) is 4.28. The topological polar surface area (TPSA) is 41.6 Å². The molecule has 12 heavy (non-hydrogen) atoms. The third kappa shape index (κ3) is 1.92. The highest BCUT2D eigenvalue weighted by Crippen LogP contribution is 1.68. The van der Waals surface area contributed by atoms with Gasteiger partial charge in [-0.3, -0.25) is 5.10 Å². The van der Waals surface area contributed by atoms with E-state index in [-0.39, 0.29) is 0 Å². The molecule has 0 aliphatic heterocycles. The summed E-state index contributed by atoms with van der Waals surface area (Å²) in [5.74, 6) is 0. The average molecular weight is 161 g/mol. The molecule has 0 fully saturated rings. The van der Waals surface area contributed by atoms with Crippen LogP contribution in [0, 0.1) is 0 Å². The molecule has 1 N–H and O–H groups in total. The van der Waals surface area contributed by atoms with Gasteiger partial charge in [-0.15, -0.1) is 5.10 Å². The molecule has 1 heterocycles. The second-order valence-corrected chi connectivity index (χ2v) is 2.21. The Morgan fingerprint density at radius 2 is 2.25 bits per heavy atom. The minimum atomic E-state index is 0.827. The summed E-state index contributed by atoms with van der Waals surface area (Å²) in [5, 5.41) is 12.0. The first-order valence-electron chi connectivity index (χ1n) is 3.71. The molecule has 0 bridgehead atoms. The molecule has 0 aliphatic rings. The first-order valence-corrected chi connectivity index (χ1v) is 3.71. The van der Waals surface area contributed by atoms with E-state index in [1.807, 2.05) is 31.2 Å². The number of hydrogen-bond acceptors (Lipinski definition) is 2. The van der Waals surface area contributed by atoms with E-state index < -0.39 is 0 Å². The van der Waals surface area contributed by atoms with Crippen molar-refractivity contribution < 1.29 is 0 Å². The van der Waals surface area contributed by atoms with E-state index in [9.17, 15) is 0 Å². The molecular weight excluding hydrogens is 150 g/mol. The zero-order valence-corrected chi connectivity index (χ0v) is 6.99. The molecule has 1 aromatic heterocycles. The van der Waals surface area contributed by atoms with Gasteiger partial charge in [0.05, 0.1) is 5.35 Å². The third-order valence-electron chi connectivity index (χ3n) is 1.34. The van der Waals surface area contributed by atoms with Crippen molar-refractivity contribution in [3.63, 3.8) is 0 Å². The number of allylic oxidation sites excluding steroid dienone is 3. The SMILES string of the molecule is C=C/C=c1/[nH]nn/c1=C/C=C\C. The van der Waals surface area contributed by atoms with Gasteiger partial charge in [-0.25, -0.2) is 0 Å². The molecule has 3 heteroatoms. The van der Waals surface area contributed by atoms with Gasteiger partial charge in [0.2, 0.25) is 0 Å². The molecule has 3 nitrogen and oxygen atoms in total. The first kappa shape index (κ1) is 8.46. The van der Waals surface area contributed by atoms with E-state index in [1.165, 1.54) is 0 Å². The van der Waals surface area contributed by atoms with Crippen molar-refractivity contribution in [1.82, 2.24) is 15.4 Å². The molecule has 0 aliphatic carbocycles. The molecule has 0 aromatic carbocycles. The largest absolute Gasteiger partial charge is 0.258 e. The van der Waals surface area contributed by atoms with Crippen LogP contribution in [-0.2, 0) is 0 Å². The minimum Gasteiger partial charge on any atom is -0.258 e. The Kier molecular flexibility index (Phi) is 3.02. The Balaban J connectivity index is 3.24. The summed E-state index contributed by atoms with van der Waals surface area (Å²) < 4.78 is 0. The van der Waals surface area contributed by atoms with Gasteiger partial charge < -0.3 is 0 Å². The summed E-state index contributed by atoms with van der Waals surface area (Å²) in [6, 6.07) is 0. The molecule has 1 rings (SSSR count). The summed E-state index contributed by atoms with van der Waals surface area (Å²) in [4.78, 5) is 0. The van der Waals surface area contributed by atoms with Crippen LogP contribution < -0.4 is 10.7 Å². The standard InChI is InChI=1S/C9H11N3/c1-3-5-7-9-8(6-4-2)10-12-11-9/h3-7H,2H2,1H3,(H,10,11)/b5-3-,8-6+,9-7+. The lowest BCUT2D eigenvalue weighted by molar-refractivity contribution is 0.925. The van der Waals surface area contributed by atoms with Crippen LogP contribution in [0.1, 0.15) is 6.92 Å². The lowest BCUT2D eigenvalue weighted by atomic mass is 10.4. The van der Waals surface area contributed by atoms with Gasteiger partial charge >= 0.3 is 0 Å². The maximum absolute atomic E-state index is 3.88. The van der Waals surface area contributed by atoms with Crippen LogP contribution in [0.5, 0.6) is 0 Å². The van der Waals surface area contributed by atoms with Crippen LogP contribution in [0.25, 0.3) is 12.2 Å². The Morgan fingerprint density at radius 1 is 1.42 bits per heavy atom. The highest BCUT2D eigenvalue weighted by atomic mass is 15.3. The summed E-state index contributed by atoms with van der Waals surface area (Å²) in [7, 11) is 0. The van der Waals surface area contributed by atoms with Gasteiger partial charge in [0.15, 0.2) is 0 Å². The molecule has 0 saturated heterocycles. The number of aromatic nitrogens is 3. The second-order valence-electron chi connectivity index (χ2n) is 2.21. The van der Waals surface area contributed by atoms with E-state index in [2.05, 4.69) is 22.0 Å². The zero-order valence-electron chi connectivity index (χ0n) is 6.99. The maximum Gasteiger partial charge on any atom is 0.112 e. The predicted octanol–water partition coefficient (Wildman–Crippen LogP) is 0.128. The molecular formula is C9H11N3. The number of H-pyrrole nitrogens is 1. The summed E-state index contributed by atoms with van der Waals surface area (Å²) >= 11 is 0. The smallest absolute Gasteiger partial charge is 0.112 e. The van der Waals surface area contributed by atoms with Crippen molar-refractivity contribution in [2.45, 2.75) is 6.92 Å². The normalized spacial score (nSPS) is 14.4. The van der Waals surface area contributed by atoms with Crippen molar-refractivity contribution in [2.24, 2.45) is 0 Å². The van der Waals surface area contributed by atoms with E-state index >= 15 is 0 Å². The number of aromatic amines is 1. The Morgan fingerprint density at radius 3 is 2.92 bits per heavy atom. The molecule has 0 unspecified atom stereocenters. The van der Waals surface area contributed by atoms with Gasteiger partial charge in [-0.1, -0.05) is 30.0 Å². The van der Waals surface area contributed by atoms with Gasteiger partial charge in [0.25, 0.3) is 0 Å². The van der Waals surface area contributed by atoms with Crippen molar-refractivity contribution in [1.29, 1.82) is 0 Å². The monoisotopic (exact) mass is 161 g/mol. The molecule has 0 amide bonds. The molecule has 1 aromatic rings. The Bertz CT molecular complexity index is 384. The van der Waals surface area contributed by atoms with Crippen molar-refractivity contribution in [3.8, 4) is 0 Å². The molecule has 0 spiro atoms. The van der Waals surface area contributed by atoms with E-state index in [1.54, 1.807) is 6.08 Å². The summed E-state index contributed by atoms with van der Waals surface area (Å²) in [6.45, 7) is 5.55. The summed E-state index contributed by atoms with van der Waals surface area (Å²) in [5.41, 5.74) is 0. The van der Waals surface area contributed by atoms with E-state index in [4.69, 9.17) is 0 Å². The van der Waals surface area contributed by atoms with Crippen LogP contribution in [-0.4, -0.2) is 15.4 Å². The summed E-state index contributed by atoms with van der Waals surface area (Å²) in [6.07, 6.45) is 9.26.